The molecule has 2 N–H and O–H groups in total. The van der Waals surface area contributed by atoms with Gasteiger partial charge in [0.15, 0.2) is 12.3 Å². The van der Waals surface area contributed by atoms with Gasteiger partial charge in [-0.1, -0.05) is 27.5 Å². The van der Waals surface area contributed by atoms with E-state index in [1.165, 1.54) is 21.6 Å². The first-order valence-corrected chi connectivity index (χ1v) is 11.6. The van der Waals surface area contributed by atoms with Crippen molar-refractivity contribution in [1.82, 2.24) is 5.06 Å². The summed E-state index contributed by atoms with van der Waals surface area (Å²) in [6, 6.07) is 0. The maximum Gasteiger partial charge on any atom is 0.340 e. The largest absolute Gasteiger partial charge is 0.393 e. The average Bonchev–Trinajstić information content (AvgIpc) is 2.88. The maximum atomic E-state index is 12.1. The molecule has 0 saturated carbocycles. The van der Waals surface area contributed by atoms with Crippen molar-refractivity contribution in [1.29, 1.82) is 0 Å². The molecule has 0 radical (unpaired) electrons. The number of nitrogens with zero attached hydrogens (tertiary/aromatic N) is 1. The molecular formula is C15H22N2O5PS2+. The molecule has 2 unspecified atom stereocenters. The van der Waals surface area contributed by atoms with Crippen LogP contribution >= 0.6 is 29.4 Å². The Morgan fingerprint density at radius 3 is 2.64 bits per heavy atom. The van der Waals surface area contributed by atoms with E-state index in [0.29, 0.717) is 16.3 Å². The SMILES string of the molecule is C/C=C\C=C(/N)SSC(C)C[P+](=O)CCC(=O)ON1C(=O)CCC1=O. The van der Waals surface area contributed by atoms with E-state index in [-0.39, 0.29) is 30.7 Å². The second-order valence-electron chi connectivity index (χ2n) is 5.27. The number of hydrogen-bond acceptors (Lipinski definition) is 8. The monoisotopic (exact) mass is 405 g/mol. The minimum absolute atomic E-state index is 0.0540. The molecule has 0 aromatic carbocycles. The highest BCUT2D eigenvalue weighted by atomic mass is 33.1. The minimum atomic E-state index is -1.58. The zero-order chi connectivity index (χ0) is 18.8. The Kier molecular flexibility index (Phi) is 9.85. The molecule has 1 rings (SSSR count). The van der Waals surface area contributed by atoms with Gasteiger partial charge in [0.25, 0.3) is 11.8 Å². The lowest BCUT2D eigenvalue weighted by Crippen LogP contribution is -2.32. The molecule has 10 heteroatoms. The van der Waals surface area contributed by atoms with Gasteiger partial charge in [0, 0.05) is 12.8 Å². The topological polar surface area (TPSA) is 107 Å². The van der Waals surface area contributed by atoms with Gasteiger partial charge in [-0.15, -0.1) is 5.06 Å². The number of hydroxylamine groups is 2. The van der Waals surface area contributed by atoms with Crippen LogP contribution in [0.15, 0.2) is 23.3 Å². The first kappa shape index (κ1) is 21.7. The quantitative estimate of drug-likeness (QED) is 0.256. The van der Waals surface area contributed by atoms with Gasteiger partial charge >= 0.3 is 13.8 Å². The van der Waals surface area contributed by atoms with Crippen LogP contribution in [-0.2, 0) is 23.8 Å². The van der Waals surface area contributed by atoms with Crippen LogP contribution in [0.1, 0.15) is 33.1 Å². The molecule has 1 aliphatic rings. The van der Waals surface area contributed by atoms with E-state index in [2.05, 4.69) is 0 Å². The molecule has 0 aliphatic carbocycles. The van der Waals surface area contributed by atoms with Crippen LogP contribution in [0.2, 0.25) is 0 Å². The summed E-state index contributed by atoms with van der Waals surface area (Å²) in [4.78, 5) is 39.1. The van der Waals surface area contributed by atoms with Gasteiger partial charge in [0.1, 0.15) is 0 Å². The van der Waals surface area contributed by atoms with Crippen molar-refractivity contribution in [3.8, 4) is 0 Å². The predicted octanol–water partition coefficient (Wildman–Crippen LogP) is 2.96. The smallest absolute Gasteiger partial charge is 0.340 e. The van der Waals surface area contributed by atoms with Crippen LogP contribution in [0.25, 0.3) is 0 Å². The van der Waals surface area contributed by atoms with Gasteiger partial charge in [0.05, 0.1) is 16.7 Å². The number of nitrogens with two attached hydrogens (primary N) is 1. The third kappa shape index (κ3) is 8.56. The van der Waals surface area contributed by atoms with Crippen LogP contribution in [0, 0.1) is 0 Å². The zero-order valence-corrected chi connectivity index (χ0v) is 16.7. The molecular weight excluding hydrogens is 383 g/mol. The number of rotatable bonds is 10. The Bertz CT molecular complexity index is 578. The Labute approximate surface area is 155 Å². The van der Waals surface area contributed by atoms with E-state index in [9.17, 15) is 18.9 Å². The van der Waals surface area contributed by atoms with Gasteiger partial charge in [0.2, 0.25) is 0 Å². The molecule has 138 valence electrons. The molecule has 1 fully saturated rings. The molecule has 1 heterocycles. The number of allylic oxidation sites excluding steroid dienone is 3. The maximum absolute atomic E-state index is 12.1. The summed E-state index contributed by atoms with van der Waals surface area (Å²) in [5.74, 6) is -1.76. The van der Waals surface area contributed by atoms with E-state index in [0.717, 1.165) is 0 Å². The first-order valence-electron chi connectivity index (χ1n) is 7.74. The van der Waals surface area contributed by atoms with E-state index < -0.39 is 25.6 Å². The highest BCUT2D eigenvalue weighted by molar-refractivity contribution is 8.78. The lowest BCUT2D eigenvalue weighted by molar-refractivity contribution is -0.197. The molecule has 7 nitrogen and oxygen atoms in total. The summed E-state index contributed by atoms with van der Waals surface area (Å²) in [6.45, 7) is 3.84. The third-order valence-electron chi connectivity index (χ3n) is 2.99. The summed E-state index contributed by atoms with van der Waals surface area (Å²) < 4.78 is 12.1. The molecule has 0 spiro atoms. The van der Waals surface area contributed by atoms with Crippen LogP contribution in [0.3, 0.4) is 0 Å². The van der Waals surface area contributed by atoms with Gasteiger partial charge in [-0.05, 0) is 30.7 Å². The lowest BCUT2D eigenvalue weighted by Gasteiger charge is -2.11. The molecule has 25 heavy (non-hydrogen) atoms. The third-order valence-corrected chi connectivity index (χ3v) is 7.68. The Balaban J connectivity index is 2.26. The lowest BCUT2D eigenvalue weighted by atomic mass is 10.4. The summed E-state index contributed by atoms with van der Waals surface area (Å²) in [5.41, 5.74) is 5.80. The molecule has 2 atom stereocenters. The second kappa shape index (κ2) is 11.3. The molecule has 1 aliphatic heterocycles. The van der Waals surface area contributed by atoms with Crippen molar-refractivity contribution in [2.45, 2.75) is 38.4 Å². The van der Waals surface area contributed by atoms with Crippen molar-refractivity contribution in [3.05, 3.63) is 23.3 Å². The summed E-state index contributed by atoms with van der Waals surface area (Å²) in [7, 11) is 1.35. The Morgan fingerprint density at radius 1 is 1.40 bits per heavy atom. The molecule has 2 amide bonds. The van der Waals surface area contributed by atoms with Crippen LogP contribution in [0.5, 0.6) is 0 Å². The van der Waals surface area contributed by atoms with E-state index in [4.69, 9.17) is 10.6 Å². The Hall–Kier alpha value is -1.31. The number of carbonyl (C=O) groups excluding carboxylic acids is 3. The van der Waals surface area contributed by atoms with Crippen LogP contribution < -0.4 is 5.73 Å². The van der Waals surface area contributed by atoms with Gasteiger partial charge in [-0.25, -0.2) is 4.79 Å². The highest BCUT2D eigenvalue weighted by Crippen LogP contribution is 2.36. The highest BCUT2D eigenvalue weighted by Gasteiger charge is 2.33. The van der Waals surface area contributed by atoms with Crippen molar-refractivity contribution < 1.29 is 23.8 Å². The number of imide groups is 1. The number of carbonyl (C=O) groups is 3. The zero-order valence-electron chi connectivity index (χ0n) is 14.2. The molecule has 1 saturated heterocycles. The first-order chi connectivity index (χ1) is 11.8. The second-order valence-corrected chi connectivity index (χ2v) is 9.76. The summed E-state index contributed by atoms with van der Waals surface area (Å²) in [5, 5.41) is 1.27. The fraction of sp³-hybridized carbons (Fsp3) is 0.533. The van der Waals surface area contributed by atoms with Crippen LogP contribution in [0.4, 0.5) is 0 Å². The van der Waals surface area contributed by atoms with Gasteiger partial charge in [-0.2, -0.15) is 0 Å². The van der Waals surface area contributed by atoms with Crippen LogP contribution in [-0.4, -0.2) is 40.4 Å². The normalized spacial score (nSPS) is 17.3. The minimum Gasteiger partial charge on any atom is -0.393 e. The summed E-state index contributed by atoms with van der Waals surface area (Å²) >= 11 is 0. The number of amides is 2. The fourth-order valence-corrected chi connectivity index (χ4v) is 5.67. The van der Waals surface area contributed by atoms with E-state index in [1.54, 1.807) is 6.08 Å². The summed E-state index contributed by atoms with van der Waals surface area (Å²) in [6.07, 6.45) is 6.12. The van der Waals surface area contributed by atoms with Gasteiger partial charge in [-0.3, -0.25) is 9.59 Å². The predicted molar refractivity (Wildman–Crippen MR) is 101 cm³/mol. The van der Waals surface area contributed by atoms with Crippen molar-refractivity contribution in [2.75, 3.05) is 12.3 Å². The average molecular weight is 405 g/mol. The number of hydrogen-bond donors (Lipinski definition) is 1. The van der Waals surface area contributed by atoms with E-state index >= 15 is 0 Å². The fourth-order valence-electron chi connectivity index (χ4n) is 1.79. The Morgan fingerprint density at radius 2 is 2.04 bits per heavy atom. The van der Waals surface area contributed by atoms with Crippen molar-refractivity contribution in [2.24, 2.45) is 5.73 Å². The molecule has 0 aromatic rings. The van der Waals surface area contributed by atoms with E-state index in [1.807, 2.05) is 26.0 Å². The van der Waals surface area contributed by atoms with Gasteiger partial charge < -0.3 is 10.6 Å². The van der Waals surface area contributed by atoms with Crippen molar-refractivity contribution in [3.63, 3.8) is 0 Å². The van der Waals surface area contributed by atoms with Crippen molar-refractivity contribution >= 4 is 47.2 Å². The molecule has 0 bridgehead atoms. The molecule has 0 aromatic heterocycles. The standard InChI is InChI=1S/C15H22N2O5PS2/c1-3-4-5-12(16)25-24-11(2)10-23(21)9-8-15(20)22-17-13(18)6-7-14(17)19/h3-5,11H,6-10,16H2,1-2H3/q+1/b4-3-,12-5+.